The zero-order valence-electron chi connectivity index (χ0n) is 15.6. The summed E-state index contributed by atoms with van der Waals surface area (Å²) < 4.78 is 26.7. The van der Waals surface area contributed by atoms with Crippen molar-refractivity contribution in [3.63, 3.8) is 0 Å². The third-order valence-electron chi connectivity index (χ3n) is 2.74. The van der Waals surface area contributed by atoms with Gasteiger partial charge in [-0.15, -0.1) is 0 Å². The molecule has 0 atom stereocenters. The fraction of sp³-hybridized carbons (Fsp3) is 0.588. The molecular weight excluding hydrogens is 236 g/mol. The van der Waals surface area contributed by atoms with Crippen LogP contribution in [0.4, 0.5) is 0 Å². The monoisotopic (exact) mass is 267 g/mol. The van der Waals surface area contributed by atoms with E-state index in [0.717, 1.165) is 25.7 Å². The summed E-state index contributed by atoms with van der Waals surface area (Å²) in [6, 6.07) is 0. The summed E-state index contributed by atoms with van der Waals surface area (Å²) in [5.41, 5.74) is 2.93. The molecule has 0 aliphatic rings. The van der Waals surface area contributed by atoms with Crippen molar-refractivity contribution < 1.29 is 13.6 Å². The molecule has 0 amide bonds. The number of esters is 1. The van der Waals surface area contributed by atoms with E-state index in [1.54, 1.807) is 13.0 Å². The number of carbonyl (C=O) groups excluding carboxylic acids is 1. The summed E-state index contributed by atoms with van der Waals surface area (Å²) in [6.07, 6.45) is 9.42. The van der Waals surface area contributed by atoms with Gasteiger partial charge in [-0.3, -0.25) is 4.79 Å². The van der Waals surface area contributed by atoms with Crippen LogP contribution in [0.15, 0.2) is 34.9 Å². The van der Waals surface area contributed by atoms with Crippen LogP contribution in [0.3, 0.4) is 0 Å². The Morgan fingerprint density at radius 2 is 1.58 bits per heavy atom. The molecule has 0 bridgehead atoms. The third-order valence-corrected chi connectivity index (χ3v) is 2.74. The van der Waals surface area contributed by atoms with Crippen molar-refractivity contribution in [2.45, 2.75) is 60.2 Å². The lowest BCUT2D eigenvalue weighted by Gasteiger charge is -2.02. The summed E-state index contributed by atoms with van der Waals surface area (Å²) in [7, 11) is 0. The highest BCUT2D eigenvalue weighted by Crippen LogP contribution is 2.11. The molecule has 2 heteroatoms. The van der Waals surface area contributed by atoms with Crippen LogP contribution in [0.25, 0.3) is 0 Å². The second-order valence-electron chi connectivity index (χ2n) is 4.87. The van der Waals surface area contributed by atoms with Gasteiger partial charge in [0.25, 0.3) is 0 Å². The van der Waals surface area contributed by atoms with Crippen LogP contribution in [0.5, 0.6) is 0 Å². The van der Waals surface area contributed by atoms with Gasteiger partial charge in [-0.1, -0.05) is 28.9 Å². The fourth-order valence-electron chi connectivity index (χ4n) is 1.57. The Morgan fingerprint density at radius 1 is 1.00 bits per heavy atom. The van der Waals surface area contributed by atoms with Crippen molar-refractivity contribution in [3.05, 3.63) is 34.9 Å². The lowest BCUT2D eigenvalue weighted by molar-refractivity contribution is -0.139. The minimum atomic E-state index is -1.97. The van der Waals surface area contributed by atoms with E-state index in [4.69, 9.17) is 8.85 Å². The minimum absolute atomic E-state index is 0.264. The number of hydrogen-bond donors (Lipinski definition) is 0. The molecule has 0 aliphatic heterocycles. The van der Waals surface area contributed by atoms with Gasteiger partial charge in [-0.05, 0) is 59.4 Å². The highest BCUT2D eigenvalue weighted by molar-refractivity contribution is 5.66. The molecule has 0 aromatic heterocycles. The average Bonchev–Trinajstić information content (AvgIpc) is 2.37. The van der Waals surface area contributed by atoms with E-state index in [2.05, 4.69) is 13.0 Å². The Labute approximate surface area is 122 Å². The number of hydrogen-bond acceptors (Lipinski definition) is 2. The molecule has 2 nitrogen and oxygen atoms in total. The Bertz CT molecular complexity index is 443. The van der Waals surface area contributed by atoms with Crippen LogP contribution >= 0.6 is 0 Å². The summed E-state index contributed by atoms with van der Waals surface area (Å²) in [6.45, 7) is 5.51. The maximum Gasteiger partial charge on any atom is 0.302 e. The topological polar surface area (TPSA) is 26.3 Å². The van der Waals surface area contributed by atoms with Crippen molar-refractivity contribution >= 4 is 5.97 Å². The van der Waals surface area contributed by atoms with Crippen molar-refractivity contribution in [3.8, 4) is 0 Å². The van der Waals surface area contributed by atoms with Crippen molar-refractivity contribution in [2.75, 3.05) is 6.61 Å². The fourth-order valence-corrected chi connectivity index (χ4v) is 1.57. The molecule has 0 fully saturated rings. The number of allylic oxidation sites excluding steroid dienone is 5. The van der Waals surface area contributed by atoms with E-state index in [1.807, 2.05) is 13.0 Å². The van der Waals surface area contributed by atoms with Gasteiger partial charge in [0.05, 0.1) is 0 Å². The Kier molecular flexibility index (Phi) is 7.09. The van der Waals surface area contributed by atoms with Gasteiger partial charge < -0.3 is 4.74 Å². The minimum Gasteiger partial charge on any atom is -0.462 e. The van der Waals surface area contributed by atoms with E-state index < -0.39 is 6.85 Å². The molecule has 0 saturated heterocycles. The normalized spacial score (nSPS) is 16.6. The second kappa shape index (κ2) is 10.6. The molecule has 0 radical (unpaired) electrons. The van der Waals surface area contributed by atoms with Gasteiger partial charge in [-0.2, -0.15) is 0 Å². The van der Waals surface area contributed by atoms with E-state index in [0.29, 0.717) is 12.2 Å². The predicted molar refractivity (Wildman–Crippen MR) is 82.0 cm³/mol. The molecule has 0 rings (SSSR count). The summed E-state index contributed by atoms with van der Waals surface area (Å²) in [5.74, 6) is -0.264. The van der Waals surface area contributed by atoms with Gasteiger partial charge >= 0.3 is 5.97 Å². The summed E-state index contributed by atoms with van der Waals surface area (Å²) in [5, 5.41) is 0. The molecule has 0 heterocycles. The second-order valence-corrected chi connectivity index (χ2v) is 4.87. The smallest absolute Gasteiger partial charge is 0.302 e. The summed E-state index contributed by atoms with van der Waals surface area (Å²) >= 11 is 0. The first-order chi connectivity index (χ1) is 10.1. The predicted octanol–water partition coefficient (Wildman–Crippen LogP) is 4.97. The molecule has 0 aromatic rings. The molecule has 0 aliphatic carbocycles. The van der Waals surface area contributed by atoms with Crippen LogP contribution in [0.1, 0.15) is 64.3 Å². The maximum absolute atomic E-state index is 10.6. The van der Waals surface area contributed by atoms with Gasteiger partial charge in [0.1, 0.15) is 6.61 Å². The highest BCUT2D eigenvalue weighted by atomic mass is 16.5. The van der Waals surface area contributed by atoms with E-state index in [-0.39, 0.29) is 5.97 Å². The summed E-state index contributed by atoms with van der Waals surface area (Å²) in [4.78, 5) is 10.6. The van der Waals surface area contributed by atoms with Crippen LogP contribution in [-0.4, -0.2) is 12.6 Å². The molecule has 0 aromatic carbocycles. The lowest BCUT2D eigenvalue weighted by Crippen LogP contribution is -1.98. The van der Waals surface area contributed by atoms with Crippen molar-refractivity contribution in [1.82, 2.24) is 0 Å². The molecular formula is C17H28O2. The van der Waals surface area contributed by atoms with Crippen molar-refractivity contribution in [1.29, 1.82) is 0 Å². The number of carbonyl (C=O) groups is 1. The lowest BCUT2D eigenvalue weighted by atomic mass is 10.1. The van der Waals surface area contributed by atoms with Gasteiger partial charge in [0, 0.05) is 11.0 Å². The largest absolute Gasteiger partial charge is 0.462 e. The van der Waals surface area contributed by atoms with Gasteiger partial charge in [0.15, 0.2) is 0 Å². The molecule has 19 heavy (non-hydrogen) atoms. The zero-order valence-corrected chi connectivity index (χ0v) is 12.6. The standard InChI is InChI=1S/C17H28O2/c1-14(2)8-6-9-15(3)10-7-11-16(4)12-13-19-17(5)18/h8,10,12H,6-7,9,11,13H2,1-5H3/b15-10+,16-12+/i1D3/b14-8-,15-10+,16-12+. The van der Waals surface area contributed by atoms with Crippen molar-refractivity contribution in [2.24, 2.45) is 0 Å². The first-order valence-corrected chi connectivity index (χ1v) is 6.74. The van der Waals surface area contributed by atoms with E-state index in [9.17, 15) is 4.79 Å². The molecule has 0 N–H and O–H groups in total. The highest BCUT2D eigenvalue weighted by Gasteiger charge is 1.93. The van der Waals surface area contributed by atoms with E-state index >= 15 is 0 Å². The molecule has 0 unspecified atom stereocenters. The Morgan fingerprint density at radius 3 is 2.16 bits per heavy atom. The average molecular weight is 267 g/mol. The number of ether oxygens (including phenoxy) is 1. The zero-order chi connectivity index (χ0) is 17.2. The van der Waals surface area contributed by atoms with Crippen LogP contribution in [0, 0.1) is 0 Å². The first-order valence-electron chi connectivity index (χ1n) is 8.24. The van der Waals surface area contributed by atoms with Gasteiger partial charge in [-0.25, -0.2) is 0 Å². The molecule has 108 valence electrons. The SMILES string of the molecule is [2H]C([2H])([2H])/C(C)=C/CC/C(C)=C/CC/C(C)=C/COC(C)=O. The quantitative estimate of drug-likeness (QED) is 0.458. The first kappa shape index (κ1) is 12.7. The van der Waals surface area contributed by atoms with Crippen LogP contribution in [-0.2, 0) is 9.53 Å². The molecule has 0 saturated carbocycles. The van der Waals surface area contributed by atoms with E-state index in [1.165, 1.54) is 18.1 Å². The molecule has 0 spiro atoms. The Balaban J connectivity index is 4.06. The Hall–Kier alpha value is -1.31. The number of rotatable bonds is 8. The van der Waals surface area contributed by atoms with Crippen LogP contribution < -0.4 is 0 Å². The maximum atomic E-state index is 10.6. The van der Waals surface area contributed by atoms with Crippen LogP contribution in [0.2, 0.25) is 0 Å². The third kappa shape index (κ3) is 12.9. The van der Waals surface area contributed by atoms with Gasteiger partial charge in [0.2, 0.25) is 0 Å².